The number of methoxy groups -OCH3 is 2. The molecule has 39 heavy (non-hydrogen) atoms. The number of hydrogen-bond donors (Lipinski definition) is 2. The number of nitrogens with one attached hydrogen (secondary N) is 1. The van der Waals surface area contributed by atoms with Gasteiger partial charge in [0.2, 0.25) is 0 Å². The zero-order valence-corrected chi connectivity index (χ0v) is 22.7. The Morgan fingerprint density at radius 3 is 2.59 bits per heavy atom. The Morgan fingerprint density at radius 2 is 1.77 bits per heavy atom. The highest BCUT2D eigenvalue weighted by molar-refractivity contribution is 5.79. The second kappa shape index (κ2) is 13.1. The summed E-state index contributed by atoms with van der Waals surface area (Å²) in [5, 5.41) is 13.3. The van der Waals surface area contributed by atoms with Crippen LogP contribution in [0.3, 0.4) is 0 Å². The van der Waals surface area contributed by atoms with Gasteiger partial charge in [0.25, 0.3) is 0 Å². The van der Waals surface area contributed by atoms with Gasteiger partial charge in [-0.05, 0) is 61.4 Å². The van der Waals surface area contributed by atoms with E-state index in [0.717, 1.165) is 78.1 Å². The molecule has 4 aromatic rings. The largest absolute Gasteiger partial charge is 0.493 e. The van der Waals surface area contributed by atoms with Crippen LogP contribution in [0.15, 0.2) is 72.8 Å². The van der Waals surface area contributed by atoms with Crippen LogP contribution in [0.4, 0.5) is 0 Å². The van der Waals surface area contributed by atoms with Gasteiger partial charge in [0.05, 0.1) is 29.0 Å². The number of benzene rings is 3. The van der Waals surface area contributed by atoms with Crippen LogP contribution in [0.1, 0.15) is 54.6 Å². The monoisotopic (exact) mass is 527 g/mol. The van der Waals surface area contributed by atoms with Crippen molar-refractivity contribution in [1.82, 2.24) is 15.3 Å². The third kappa shape index (κ3) is 6.62. The summed E-state index contributed by atoms with van der Waals surface area (Å²) in [7, 11) is 3.25. The van der Waals surface area contributed by atoms with Crippen LogP contribution in [-0.4, -0.2) is 48.7 Å². The molecule has 1 aliphatic heterocycles. The van der Waals surface area contributed by atoms with Gasteiger partial charge in [-0.1, -0.05) is 54.6 Å². The molecule has 0 aliphatic carbocycles. The minimum Gasteiger partial charge on any atom is -0.493 e. The normalized spacial score (nSPS) is 16.4. The minimum atomic E-state index is -0.725. The van der Waals surface area contributed by atoms with Gasteiger partial charge >= 0.3 is 0 Å². The Hall–Kier alpha value is -3.36. The van der Waals surface area contributed by atoms with E-state index in [2.05, 4.69) is 41.7 Å². The minimum absolute atomic E-state index is 0.265. The average Bonchev–Trinajstić information content (AvgIpc) is 2.99. The first-order chi connectivity index (χ1) is 19.2. The highest BCUT2D eigenvalue weighted by Gasteiger charge is 2.23. The van der Waals surface area contributed by atoms with Gasteiger partial charge in [-0.15, -0.1) is 0 Å². The quantitative estimate of drug-likeness (QED) is 0.179. The molecule has 0 saturated carbocycles. The van der Waals surface area contributed by atoms with E-state index in [-0.39, 0.29) is 6.23 Å². The summed E-state index contributed by atoms with van der Waals surface area (Å²) in [6.07, 6.45) is 3.07. The van der Waals surface area contributed by atoms with Crippen LogP contribution in [0.2, 0.25) is 0 Å². The molecular formula is C32H37N3O4. The summed E-state index contributed by atoms with van der Waals surface area (Å²) in [4.78, 5) is 10.1. The summed E-state index contributed by atoms with van der Waals surface area (Å²) in [5.74, 6) is 1.34. The van der Waals surface area contributed by atoms with E-state index < -0.39 is 6.29 Å². The fraction of sp³-hybridized carbons (Fsp3) is 0.375. The van der Waals surface area contributed by atoms with E-state index in [0.29, 0.717) is 12.3 Å². The summed E-state index contributed by atoms with van der Waals surface area (Å²) in [6, 6.07) is 24.6. The molecule has 0 saturated heterocycles. The zero-order chi connectivity index (χ0) is 27.0. The highest BCUT2D eigenvalue weighted by atomic mass is 16.6. The molecule has 3 atom stereocenters. The number of ether oxygens (including phenoxy) is 3. The number of para-hydroxylation sites is 1. The maximum absolute atomic E-state index is 9.74. The summed E-state index contributed by atoms with van der Waals surface area (Å²) >= 11 is 0. The van der Waals surface area contributed by atoms with Gasteiger partial charge < -0.3 is 19.3 Å². The molecule has 7 heteroatoms. The first-order valence-corrected chi connectivity index (χ1v) is 13.7. The molecule has 0 spiro atoms. The smallest absolute Gasteiger partial charge is 0.154 e. The lowest BCUT2D eigenvalue weighted by molar-refractivity contribution is -0.0792. The molecule has 7 nitrogen and oxygen atoms in total. The van der Waals surface area contributed by atoms with Gasteiger partial charge in [0, 0.05) is 32.2 Å². The van der Waals surface area contributed by atoms with Crippen molar-refractivity contribution < 1.29 is 19.3 Å². The molecule has 0 fully saturated rings. The Bertz CT molecular complexity index is 1360. The SMILES string of the molecule is COC(O)CCCCc1nc2cc(C(NC[C@@H]3CCOc4ccccc43)OC)ccc2nc1-c1ccccc1. The summed E-state index contributed by atoms with van der Waals surface area (Å²) < 4.78 is 16.7. The maximum atomic E-state index is 9.74. The van der Waals surface area contributed by atoms with Crippen molar-refractivity contribution in [2.75, 3.05) is 27.4 Å². The lowest BCUT2D eigenvalue weighted by Crippen LogP contribution is -2.30. The Balaban J connectivity index is 1.37. The molecule has 2 N–H and O–H groups in total. The Labute approximate surface area is 230 Å². The number of aliphatic hydroxyl groups is 1. The van der Waals surface area contributed by atoms with E-state index >= 15 is 0 Å². The number of rotatable bonds is 12. The molecule has 5 rings (SSSR count). The van der Waals surface area contributed by atoms with E-state index in [1.807, 2.05) is 36.4 Å². The maximum Gasteiger partial charge on any atom is 0.154 e. The van der Waals surface area contributed by atoms with Crippen LogP contribution in [0, 0.1) is 0 Å². The molecule has 0 bridgehead atoms. The van der Waals surface area contributed by atoms with Crippen LogP contribution in [-0.2, 0) is 15.9 Å². The van der Waals surface area contributed by atoms with Crippen LogP contribution >= 0.6 is 0 Å². The number of nitrogens with zero attached hydrogens (tertiary/aromatic N) is 2. The fourth-order valence-electron chi connectivity index (χ4n) is 5.22. The van der Waals surface area contributed by atoms with Gasteiger partial charge in [0.1, 0.15) is 12.0 Å². The molecule has 0 amide bonds. The number of aromatic nitrogens is 2. The summed E-state index contributed by atoms with van der Waals surface area (Å²) in [5.41, 5.74) is 6.87. The van der Waals surface area contributed by atoms with Crippen molar-refractivity contribution in [2.45, 2.75) is 50.5 Å². The van der Waals surface area contributed by atoms with Crippen molar-refractivity contribution in [3.05, 3.63) is 89.6 Å². The standard InChI is InChI=1S/C32H37N3O4/c1-37-30(36)15-9-7-13-27-31(22-10-4-3-5-11-22)35-26-17-16-23(20-28(26)34-27)32(38-2)33-21-24-18-19-39-29-14-8-6-12-25(24)29/h3-6,8,10-12,14,16-17,20,24,30,32-33,36H,7,9,13,15,18-19,21H2,1-2H3/t24-,30?,32?/m0/s1. The Kier molecular flexibility index (Phi) is 9.16. The molecular weight excluding hydrogens is 490 g/mol. The Morgan fingerprint density at radius 1 is 0.949 bits per heavy atom. The van der Waals surface area contributed by atoms with Crippen LogP contribution in [0.25, 0.3) is 22.3 Å². The van der Waals surface area contributed by atoms with Crippen LogP contribution < -0.4 is 10.1 Å². The van der Waals surface area contributed by atoms with Gasteiger partial charge in [0.15, 0.2) is 6.29 Å². The molecule has 1 aliphatic rings. The first kappa shape index (κ1) is 27.2. The highest BCUT2D eigenvalue weighted by Crippen LogP contribution is 2.33. The number of aliphatic hydroxyl groups excluding tert-OH is 1. The molecule has 204 valence electrons. The fourth-order valence-corrected chi connectivity index (χ4v) is 5.22. The molecule has 2 unspecified atom stereocenters. The lowest BCUT2D eigenvalue weighted by Gasteiger charge is -2.28. The van der Waals surface area contributed by atoms with E-state index in [1.54, 1.807) is 7.11 Å². The van der Waals surface area contributed by atoms with E-state index in [1.165, 1.54) is 12.7 Å². The van der Waals surface area contributed by atoms with E-state index in [4.69, 9.17) is 24.2 Å². The summed E-state index contributed by atoms with van der Waals surface area (Å²) in [6.45, 7) is 1.51. The van der Waals surface area contributed by atoms with Crippen molar-refractivity contribution >= 4 is 11.0 Å². The molecule has 2 heterocycles. The molecule has 1 aromatic heterocycles. The third-order valence-electron chi connectivity index (χ3n) is 7.37. The average molecular weight is 528 g/mol. The topological polar surface area (TPSA) is 85.7 Å². The van der Waals surface area contributed by atoms with Crippen molar-refractivity contribution in [3.8, 4) is 17.0 Å². The number of hydrogen-bond acceptors (Lipinski definition) is 7. The third-order valence-corrected chi connectivity index (χ3v) is 7.37. The van der Waals surface area contributed by atoms with Gasteiger partial charge in [-0.25, -0.2) is 9.97 Å². The lowest BCUT2D eigenvalue weighted by atomic mass is 9.93. The van der Waals surface area contributed by atoms with Gasteiger partial charge in [-0.3, -0.25) is 5.32 Å². The number of unbranched alkanes of at least 4 members (excludes halogenated alkanes) is 1. The van der Waals surface area contributed by atoms with Crippen molar-refractivity contribution in [1.29, 1.82) is 0 Å². The van der Waals surface area contributed by atoms with Crippen molar-refractivity contribution in [2.24, 2.45) is 0 Å². The zero-order valence-electron chi connectivity index (χ0n) is 22.7. The number of aryl methyl sites for hydroxylation is 1. The van der Waals surface area contributed by atoms with Crippen molar-refractivity contribution in [3.63, 3.8) is 0 Å². The molecule has 3 aromatic carbocycles. The predicted octanol–water partition coefficient (Wildman–Crippen LogP) is 5.78. The second-order valence-electron chi connectivity index (χ2n) is 9.97. The van der Waals surface area contributed by atoms with Gasteiger partial charge in [-0.2, -0.15) is 0 Å². The predicted molar refractivity (Wildman–Crippen MR) is 153 cm³/mol. The van der Waals surface area contributed by atoms with Crippen LogP contribution in [0.5, 0.6) is 5.75 Å². The second-order valence-corrected chi connectivity index (χ2v) is 9.97. The number of fused-ring (bicyclic) bond motifs is 2. The first-order valence-electron chi connectivity index (χ1n) is 13.7. The van der Waals surface area contributed by atoms with E-state index in [9.17, 15) is 5.11 Å². The molecule has 0 radical (unpaired) electrons.